The van der Waals surface area contributed by atoms with Crippen molar-refractivity contribution in [1.29, 1.82) is 0 Å². The Labute approximate surface area is 213 Å². The van der Waals surface area contributed by atoms with Gasteiger partial charge in [-0.2, -0.15) is 0 Å². The Kier molecular flexibility index (Phi) is 9.74. The summed E-state index contributed by atoms with van der Waals surface area (Å²) in [5.74, 6) is 0.148. The van der Waals surface area contributed by atoms with Crippen molar-refractivity contribution in [2.45, 2.75) is 52.2 Å². The summed E-state index contributed by atoms with van der Waals surface area (Å²) < 4.78 is 5.80. The van der Waals surface area contributed by atoms with Crippen LogP contribution in [0.3, 0.4) is 0 Å². The third kappa shape index (κ3) is 8.15. The van der Waals surface area contributed by atoms with E-state index in [0.717, 1.165) is 23.1 Å². The van der Waals surface area contributed by atoms with Crippen LogP contribution in [0.1, 0.15) is 37.0 Å². The maximum atomic E-state index is 13.6. The van der Waals surface area contributed by atoms with Crippen LogP contribution in [0.2, 0.25) is 5.02 Å². The van der Waals surface area contributed by atoms with Crippen LogP contribution in [0.15, 0.2) is 78.9 Å². The number of halogens is 1. The standard InChI is InChI=1S/C29H33ClN2O3/c1-4-22(3)31-29(34)27(18-23-9-6-5-7-10-23)32(19-24-11-8-12-25(30)17-24)28(33)20-35-26-15-13-21(2)14-16-26/h5-17,22,27H,4,18-20H2,1-3H3,(H,31,34)/t22-,27-/m0/s1. The molecule has 0 fully saturated rings. The minimum Gasteiger partial charge on any atom is -0.484 e. The summed E-state index contributed by atoms with van der Waals surface area (Å²) in [6, 6.07) is 23.9. The minimum absolute atomic E-state index is 0.00676. The summed E-state index contributed by atoms with van der Waals surface area (Å²) in [7, 11) is 0. The number of hydrogen-bond acceptors (Lipinski definition) is 3. The van der Waals surface area contributed by atoms with Gasteiger partial charge >= 0.3 is 0 Å². The van der Waals surface area contributed by atoms with Gasteiger partial charge in [0.25, 0.3) is 5.91 Å². The van der Waals surface area contributed by atoms with Crippen molar-refractivity contribution in [2.24, 2.45) is 0 Å². The zero-order chi connectivity index (χ0) is 25.2. The van der Waals surface area contributed by atoms with Crippen LogP contribution < -0.4 is 10.1 Å². The summed E-state index contributed by atoms with van der Waals surface area (Å²) in [4.78, 5) is 28.6. The summed E-state index contributed by atoms with van der Waals surface area (Å²) >= 11 is 6.21. The Morgan fingerprint density at radius 1 is 0.971 bits per heavy atom. The van der Waals surface area contributed by atoms with Crippen LogP contribution in [0, 0.1) is 6.92 Å². The zero-order valence-corrected chi connectivity index (χ0v) is 21.3. The number of ether oxygens (including phenoxy) is 1. The van der Waals surface area contributed by atoms with E-state index in [2.05, 4.69) is 5.32 Å². The van der Waals surface area contributed by atoms with Crippen molar-refractivity contribution in [3.8, 4) is 5.75 Å². The number of hydrogen-bond donors (Lipinski definition) is 1. The average Bonchev–Trinajstić information content (AvgIpc) is 2.86. The first-order valence-electron chi connectivity index (χ1n) is 11.9. The van der Waals surface area contributed by atoms with Gasteiger partial charge in [-0.15, -0.1) is 0 Å². The van der Waals surface area contributed by atoms with Crippen LogP contribution in [0.4, 0.5) is 0 Å². The van der Waals surface area contributed by atoms with Crippen LogP contribution in [0.25, 0.3) is 0 Å². The highest BCUT2D eigenvalue weighted by molar-refractivity contribution is 6.30. The van der Waals surface area contributed by atoms with Gasteiger partial charge in [0.1, 0.15) is 11.8 Å². The molecule has 0 unspecified atom stereocenters. The van der Waals surface area contributed by atoms with Gasteiger partial charge in [0.05, 0.1) is 0 Å². The highest BCUT2D eigenvalue weighted by Gasteiger charge is 2.31. The lowest BCUT2D eigenvalue weighted by atomic mass is 10.0. The number of rotatable bonds is 11. The number of carbonyl (C=O) groups excluding carboxylic acids is 2. The van der Waals surface area contributed by atoms with E-state index in [0.29, 0.717) is 17.2 Å². The molecule has 6 heteroatoms. The molecule has 0 aliphatic rings. The molecule has 0 aliphatic heterocycles. The molecule has 3 rings (SSSR count). The SMILES string of the molecule is CC[C@H](C)NC(=O)[C@H](Cc1ccccc1)N(Cc1cccc(Cl)c1)C(=O)COc1ccc(C)cc1. The Balaban J connectivity index is 1.90. The number of aryl methyl sites for hydroxylation is 1. The second-order valence-electron chi connectivity index (χ2n) is 8.78. The maximum absolute atomic E-state index is 13.6. The monoisotopic (exact) mass is 492 g/mol. The van der Waals surface area contributed by atoms with Gasteiger partial charge in [0, 0.05) is 24.0 Å². The van der Waals surface area contributed by atoms with Crippen molar-refractivity contribution in [2.75, 3.05) is 6.61 Å². The smallest absolute Gasteiger partial charge is 0.261 e. The molecule has 3 aromatic carbocycles. The van der Waals surface area contributed by atoms with Crippen LogP contribution in [-0.4, -0.2) is 35.4 Å². The highest BCUT2D eigenvalue weighted by atomic mass is 35.5. The first-order chi connectivity index (χ1) is 16.9. The molecule has 0 aromatic heterocycles. The molecule has 0 bridgehead atoms. The van der Waals surface area contributed by atoms with Crippen LogP contribution in [-0.2, 0) is 22.6 Å². The minimum atomic E-state index is -0.709. The van der Waals surface area contributed by atoms with E-state index in [1.165, 1.54) is 0 Å². The number of amides is 2. The average molecular weight is 493 g/mol. The van der Waals surface area contributed by atoms with E-state index >= 15 is 0 Å². The second-order valence-corrected chi connectivity index (χ2v) is 9.21. The molecule has 0 spiro atoms. The van der Waals surface area contributed by atoms with Crippen molar-refractivity contribution in [3.05, 3.63) is 101 Å². The molecule has 3 aromatic rings. The van der Waals surface area contributed by atoms with Crippen LogP contribution in [0.5, 0.6) is 5.75 Å². The molecule has 0 heterocycles. The van der Waals surface area contributed by atoms with Gasteiger partial charge < -0.3 is 15.0 Å². The fourth-order valence-electron chi connectivity index (χ4n) is 3.69. The fourth-order valence-corrected chi connectivity index (χ4v) is 3.90. The summed E-state index contributed by atoms with van der Waals surface area (Å²) in [5, 5.41) is 3.64. The lowest BCUT2D eigenvalue weighted by Gasteiger charge is -2.32. The van der Waals surface area contributed by atoms with Gasteiger partial charge in [0.15, 0.2) is 6.61 Å². The molecule has 184 valence electrons. The largest absolute Gasteiger partial charge is 0.484 e. The van der Waals surface area contributed by atoms with E-state index < -0.39 is 6.04 Å². The van der Waals surface area contributed by atoms with Gasteiger partial charge in [-0.25, -0.2) is 0 Å². The van der Waals surface area contributed by atoms with E-state index in [-0.39, 0.29) is 31.0 Å². The Morgan fingerprint density at radius 3 is 2.31 bits per heavy atom. The van der Waals surface area contributed by atoms with E-state index in [9.17, 15) is 9.59 Å². The molecular weight excluding hydrogens is 460 g/mol. The Morgan fingerprint density at radius 2 is 1.66 bits per heavy atom. The van der Waals surface area contributed by atoms with Crippen molar-refractivity contribution in [3.63, 3.8) is 0 Å². The van der Waals surface area contributed by atoms with Gasteiger partial charge in [-0.3, -0.25) is 9.59 Å². The molecule has 5 nitrogen and oxygen atoms in total. The fraction of sp³-hybridized carbons (Fsp3) is 0.310. The molecule has 2 atom stereocenters. The quantitative estimate of drug-likeness (QED) is 0.380. The van der Waals surface area contributed by atoms with Crippen molar-refractivity contribution >= 4 is 23.4 Å². The van der Waals surface area contributed by atoms with Crippen molar-refractivity contribution < 1.29 is 14.3 Å². The lowest BCUT2D eigenvalue weighted by molar-refractivity contribution is -0.143. The molecule has 0 saturated heterocycles. The topological polar surface area (TPSA) is 58.6 Å². The molecule has 2 amide bonds. The normalized spacial score (nSPS) is 12.5. The summed E-state index contributed by atoms with van der Waals surface area (Å²) in [6.07, 6.45) is 1.18. The maximum Gasteiger partial charge on any atom is 0.261 e. The zero-order valence-electron chi connectivity index (χ0n) is 20.5. The lowest BCUT2D eigenvalue weighted by Crippen LogP contribution is -2.53. The first-order valence-corrected chi connectivity index (χ1v) is 12.3. The highest BCUT2D eigenvalue weighted by Crippen LogP contribution is 2.19. The number of carbonyl (C=O) groups is 2. The molecule has 0 aliphatic carbocycles. The molecular formula is C29H33ClN2O3. The van der Waals surface area contributed by atoms with E-state index in [4.69, 9.17) is 16.3 Å². The molecule has 0 saturated carbocycles. The molecule has 0 radical (unpaired) electrons. The Bertz CT molecular complexity index is 1100. The van der Waals surface area contributed by atoms with Gasteiger partial charge in [-0.1, -0.05) is 78.7 Å². The van der Waals surface area contributed by atoms with E-state index in [1.54, 1.807) is 11.0 Å². The predicted molar refractivity (Wildman–Crippen MR) is 141 cm³/mol. The summed E-state index contributed by atoms with van der Waals surface area (Å²) in [5.41, 5.74) is 2.92. The number of nitrogens with zero attached hydrogens (tertiary/aromatic N) is 1. The molecule has 1 N–H and O–H groups in total. The molecule has 35 heavy (non-hydrogen) atoms. The van der Waals surface area contributed by atoms with Gasteiger partial charge in [0.2, 0.25) is 5.91 Å². The van der Waals surface area contributed by atoms with Gasteiger partial charge in [-0.05, 0) is 55.7 Å². The Hall–Kier alpha value is -3.31. The predicted octanol–water partition coefficient (Wildman–Crippen LogP) is 5.58. The number of benzene rings is 3. The van der Waals surface area contributed by atoms with E-state index in [1.807, 2.05) is 93.6 Å². The summed E-state index contributed by atoms with van der Waals surface area (Å²) in [6.45, 7) is 6.03. The second kappa shape index (κ2) is 13.0. The third-order valence-electron chi connectivity index (χ3n) is 5.90. The first kappa shape index (κ1) is 26.3. The van der Waals surface area contributed by atoms with Crippen molar-refractivity contribution in [1.82, 2.24) is 10.2 Å². The van der Waals surface area contributed by atoms with Crippen LogP contribution >= 0.6 is 11.6 Å². The third-order valence-corrected chi connectivity index (χ3v) is 6.13. The number of nitrogens with one attached hydrogen (secondary N) is 1.